The number of benzene rings is 2. The second-order valence-corrected chi connectivity index (χ2v) is 7.15. The molecule has 2 aromatic heterocycles. The van der Waals surface area contributed by atoms with E-state index in [4.69, 9.17) is 14.2 Å². The highest BCUT2D eigenvalue weighted by molar-refractivity contribution is 5.78. The first-order valence-corrected chi connectivity index (χ1v) is 10.6. The summed E-state index contributed by atoms with van der Waals surface area (Å²) >= 11 is 0. The van der Waals surface area contributed by atoms with E-state index in [1.54, 1.807) is 23.8 Å². The lowest BCUT2D eigenvalue weighted by Gasteiger charge is -2.08. The van der Waals surface area contributed by atoms with E-state index in [2.05, 4.69) is 20.6 Å². The van der Waals surface area contributed by atoms with E-state index in [0.717, 1.165) is 22.6 Å². The van der Waals surface area contributed by atoms with Crippen LogP contribution in [-0.4, -0.2) is 52.6 Å². The number of aromatic nitrogens is 4. The third-order valence-electron chi connectivity index (χ3n) is 4.84. The van der Waals surface area contributed by atoms with Gasteiger partial charge in [0.15, 0.2) is 11.5 Å². The molecule has 2 aromatic carbocycles. The second kappa shape index (κ2) is 10.4. The Morgan fingerprint density at radius 3 is 2.64 bits per heavy atom. The van der Waals surface area contributed by atoms with Crippen molar-refractivity contribution in [1.29, 1.82) is 0 Å². The van der Waals surface area contributed by atoms with Crippen LogP contribution in [0.25, 0.3) is 17.0 Å². The maximum Gasteiger partial charge on any atom is 0.231 e. The molecule has 9 nitrogen and oxygen atoms in total. The fraction of sp³-hybridized carbons (Fsp3) is 0.250. The van der Waals surface area contributed by atoms with Gasteiger partial charge in [-0.25, -0.2) is 0 Å². The van der Waals surface area contributed by atoms with E-state index in [1.807, 2.05) is 55.5 Å². The molecule has 4 aromatic rings. The van der Waals surface area contributed by atoms with Crippen molar-refractivity contribution in [2.24, 2.45) is 0 Å². The zero-order valence-electron chi connectivity index (χ0n) is 18.5. The summed E-state index contributed by atoms with van der Waals surface area (Å²) < 4.78 is 18.0. The van der Waals surface area contributed by atoms with Crippen LogP contribution in [0.5, 0.6) is 17.4 Å². The number of methoxy groups -OCH3 is 1. The quantitative estimate of drug-likeness (QED) is 0.373. The highest BCUT2D eigenvalue weighted by atomic mass is 16.5. The Balaban J connectivity index is 1.31. The lowest BCUT2D eigenvalue weighted by atomic mass is 10.1. The van der Waals surface area contributed by atoms with Gasteiger partial charge in [-0.15, -0.1) is 15.3 Å². The molecular formula is C24H25N5O4. The molecule has 9 heteroatoms. The summed E-state index contributed by atoms with van der Waals surface area (Å²) in [6, 6.07) is 18.5. The SMILES string of the molecule is CCOc1ccc(CC(=O)NCCOc2ccc3nnc(-c4cccc(OC)c4)n3n2)cc1. The number of nitrogens with one attached hydrogen (secondary N) is 1. The molecular weight excluding hydrogens is 422 g/mol. The Morgan fingerprint density at radius 1 is 1.00 bits per heavy atom. The Bertz CT molecular complexity index is 1220. The first kappa shape index (κ1) is 22.1. The zero-order chi connectivity index (χ0) is 23.0. The van der Waals surface area contributed by atoms with Gasteiger partial charge in [-0.3, -0.25) is 4.79 Å². The summed E-state index contributed by atoms with van der Waals surface area (Å²) in [6.07, 6.45) is 0.293. The number of rotatable bonds is 10. The second-order valence-electron chi connectivity index (χ2n) is 7.15. The van der Waals surface area contributed by atoms with E-state index in [9.17, 15) is 4.79 Å². The molecule has 0 bridgehead atoms. The lowest BCUT2D eigenvalue weighted by molar-refractivity contribution is -0.120. The van der Waals surface area contributed by atoms with Gasteiger partial charge in [-0.05, 0) is 42.8 Å². The van der Waals surface area contributed by atoms with Crippen molar-refractivity contribution in [2.75, 3.05) is 26.9 Å². The predicted molar refractivity (Wildman–Crippen MR) is 123 cm³/mol. The van der Waals surface area contributed by atoms with E-state index >= 15 is 0 Å². The number of fused-ring (bicyclic) bond motifs is 1. The van der Waals surface area contributed by atoms with Crippen LogP contribution in [-0.2, 0) is 11.2 Å². The summed E-state index contributed by atoms with van der Waals surface area (Å²) in [7, 11) is 1.61. The van der Waals surface area contributed by atoms with E-state index < -0.39 is 0 Å². The third-order valence-corrected chi connectivity index (χ3v) is 4.84. The summed E-state index contributed by atoms with van der Waals surface area (Å²) in [5.74, 6) is 2.43. The molecule has 1 N–H and O–H groups in total. The van der Waals surface area contributed by atoms with Crippen LogP contribution in [0.4, 0.5) is 0 Å². The molecule has 4 rings (SSSR count). The maximum atomic E-state index is 12.2. The third kappa shape index (κ3) is 5.57. The molecule has 170 valence electrons. The molecule has 0 spiro atoms. The van der Waals surface area contributed by atoms with Gasteiger partial charge in [0.05, 0.1) is 26.7 Å². The molecule has 0 aliphatic rings. The Hall–Kier alpha value is -4.14. The average molecular weight is 447 g/mol. The summed E-state index contributed by atoms with van der Waals surface area (Å²) in [6.45, 7) is 3.19. The van der Waals surface area contributed by atoms with Gasteiger partial charge in [0.1, 0.15) is 18.1 Å². The minimum absolute atomic E-state index is 0.0784. The van der Waals surface area contributed by atoms with Crippen LogP contribution in [0.15, 0.2) is 60.7 Å². The molecule has 0 saturated carbocycles. The van der Waals surface area contributed by atoms with Crippen molar-refractivity contribution in [3.63, 3.8) is 0 Å². The van der Waals surface area contributed by atoms with Crippen LogP contribution in [0.2, 0.25) is 0 Å². The van der Waals surface area contributed by atoms with Gasteiger partial charge >= 0.3 is 0 Å². The summed E-state index contributed by atoms with van der Waals surface area (Å²) in [5.41, 5.74) is 2.35. The smallest absolute Gasteiger partial charge is 0.231 e. The number of carbonyl (C=O) groups is 1. The Labute approximate surface area is 191 Å². The van der Waals surface area contributed by atoms with Crippen molar-refractivity contribution >= 4 is 11.6 Å². The Morgan fingerprint density at radius 2 is 1.85 bits per heavy atom. The van der Waals surface area contributed by atoms with Gasteiger partial charge in [-0.2, -0.15) is 4.52 Å². The van der Waals surface area contributed by atoms with Gasteiger partial charge in [0.25, 0.3) is 0 Å². The normalized spacial score (nSPS) is 10.7. The predicted octanol–water partition coefficient (Wildman–Crippen LogP) is 2.94. The zero-order valence-corrected chi connectivity index (χ0v) is 18.5. The molecule has 0 aliphatic carbocycles. The molecule has 0 atom stereocenters. The van der Waals surface area contributed by atoms with Crippen LogP contribution in [0, 0.1) is 0 Å². The van der Waals surface area contributed by atoms with Gasteiger partial charge in [0, 0.05) is 11.6 Å². The van der Waals surface area contributed by atoms with Crippen LogP contribution < -0.4 is 19.5 Å². The first-order chi connectivity index (χ1) is 16.2. The van der Waals surface area contributed by atoms with Gasteiger partial charge in [-0.1, -0.05) is 24.3 Å². The number of amides is 1. The van der Waals surface area contributed by atoms with Crippen molar-refractivity contribution in [2.45, 2.75) is 13.3 Å². The monoisotopic (exact) mass is 447 g/mol. The molecule has 33 heavy (non-hydrogen) atoms. The van der Waals surface area contributed by atoms with Crippen molar-refractivity contribution in [3.8, 4) is 28.8 Å². The average Bonchev–Trinajstić information content (AvgIpc) is 3.27. The van der Waals surface area contributed by atoms with E-state index in [-0.39, 0.29) is 12.5 Å². The number of hydrogen-bond acceptors (Lipinski definition) is 7. The summed E-state index contributed by atoms with van der Waals surface area (Å²) in [4.78, 5) is 12.2. The van der Waals surface area contributed by atoms with Crippen molar-refractivity contribution in [3.05, 3.63) is 66.2 Å². The lowest BCUT2D eigenvalue weighted by Crippen LogP contribution is -2.29. The molecule has 0 saturated heterocycles. The fourth-order valence-corrected chi connectivity index (χ4v) is 3.26. The van der Waals surface area contributed by atoms with Crippen LogP contribution >= 0.6 is 0 Å². The molecule has 2 heterocycles. The topological polar surface area (TPSA) is 99.9 Å². The van der Waals surface area contributed by atoms with Gasteiger partial charge in [0.2, 0.25) is 11.8 Å². The molecule has 1 amide bonds. The van der Waals surface area contributed by atoms with Crippen molar-refractivity contribution in [1.82, 2.24) is 25.1 Å². The van der Waals surface area contributed by atoms with Crippen molar-refractivity contribution < 1.29 is 19.0 Å². The number of nitrogens with zero attached hydrogens (tertiary/aromatic N) is 4. The highest BCUT2D eigenvalue weighted by Crippen LogP contribution is 2.23. The fourth-order valence-electron chi connectivity index (χ4n) is 3.26. The van der Waals surface area contributed by atoms with E-state index in [1.165, 1.54) is 0 Å². The Kier molecular flexibility index (Phi) is 6.99. The maximum absolute atomic E-state index is 12.2. The minimum Gasteiger partial charge on any atom is -0.497 e. The molecule has 0 unspecified atom stereocenters. The standard InChI is InChI=1S/C24H25N5O4/c1-3-32-19-9-7-17(8-10-19)15-22(30)25-13-14-33-23-12-11-21-26-27-24(29(21)28-23)18-5-4-6-20(16-18)31-2/h4-12,16H,3,13-15H2,1-2H3,(H,25,30). The minimum atomic E-state index is -0.0784. The number of hydrogen-bond donors (Lipinski definition) is 1. The van der Waals surface area contributed by atoms with Gasteiger partial charge < -0.3 is 19.5 Å². The molecule has 0 radical (unpaired) electrons. The first-order valence-electron chi connectivity index (χ1n) is 10.6. The van der Waals surface area contributed by atoms with Crippen LogP contribution in [0.3, 0.4) is 0 Å². The summed E-state index contributed by atoms with van der Waals surface area (Å²) in [5, 5.41) is 15.7. The van der Waals surface area contributed by atoms with Crippen LogP contribution in [0.1, 0.15) is 12.5 Å². The molecule has 0 aliphatic heterocycles. The largest absolute Gasteiger partial charge is 0.497 e. The van der Waals surface area contributed by atoms with E-state index in [0.29, 0.717) is 36.9 Å². The number of carbonyl (C=O) groups excluding carboxylic acids is 1. The number of ether oxygens (including phenoxy) is 3. The molecule has 0 fully saturated rings. The highest BCUT2D eigenvalue weighted by Gasteiger charge is 2.11.